The monoisotopic (exact) mass is 335 g/mol. The van der Waals surface area contributed by atoms with Gasteiger partial charge in [-0.05, 0) is 44.4 Å². The number of pyridine rings is 1. The Kier molecular flexibility index (Phi) is 5.31. The Morgan fingerprint density at radius 2 is 2.21 bits per heavy atom. The van der Waals surface area contributed by atoms with E-state index in [0.29, 0.717) is 18.9 Å². The van der Waals surface area contributed by atoms with Crippen LogP contribution >= 0.6 is 0 Å². The molecule has 132 valence electrons. The Hall–Kier alpha value is -2.31. The maximum Gasteiger partial charge on any atom is 0.413 e. The van der Waals surface area contributed by atoms with Gasteiger partial charge in [0, 0.05) is 12.7 Å². The molecule has 1 aromatic rings. The van der Waals surface area contributed by atoms with E-state index >= 15 is 0 Å². The predicted molar refractivity (Wildman–Crippen MR) is 89.6 cm³/mol. The van der Waals surface area contributed by atoms with Gasteiger partial charge in [0.05, 0.1) is 6.54 Å². The summed E-state index contributed by atoms with van der Waals surface area (Å²) in [6, 6.07) is 3.52. The molecule has 2 amide bonds. The van der Waals surface area contributed by atoms with Crippen LogP contribution in [-0.4, -0.2) is 40.3 Å². The number of hydrogen-bond acceptors (Lipinski definition) is 5. The predicted octanol–water partition coefficient (Wildman–Crippen LogP) is 3.41. The van der Waals surface area contributed by atoms with Crippen molar-refractivity contribution in [3.8, 4) is 0 Å². The van der Waals surface area contributed by atoms with Crippen LogP contribution < -0.4 is 5.32 Å². The van der Waals surface area contributed by atoms with E-state index in [1.54, 1.807) is 44.0 Å². The number of nitrogens with zero attached hydrogens (tertiary/aromatic N) is 2. The molecule has 1 atom stereocenters. The molecule has 7 heteroatoms. The molecule has 0 aromatic carbocycles. The van der Waals surface area contributed by atoms with E-state index in [-0.39, 0.29) is 18.1 Å². The van der Waals surface area contributed by atoms with Crippen molar-refractivity contribution >= 4 is 18.0 Å². The Bertz CT molecular complexity index is 610. The van der Waals surface area contributed by atoms with Crippen LogP contribution in [0.5, 0.6) is 0 Å². The third-order valence-corrected chi connectivity index (χ3v) is 3.48. The van der Waals surface area contributed by atoms with Crippen molar-refractivity contribution in [3.05, 3.63) is 23.9 Å². The Balaban J connectivity index is 1.98. The largest absolute Gasteiger partial charge is 0.444 e. The van der Waals surface area contributed by atoms with Gasteiger partial charge in [-0.15, -0.1) is 0 Å². The quantitative estimate of drug-likeness (QED) is 0.912. The van der Waals surface area contributed by atoms with E-state index in [9.17, 15) is 9.59 Å². The van der Waals surface area contributed by atoms with E-state index < -0.39 is 11.7 Å². The second kappa shape index (κ2) is 7.07. The number of carbonyl (C=O) groups excluding carboxylic acids is 2. The summed E-state index contributed by atoms with van der Waals surface area (Å²) in [5.41, 5.74) is 0.282. The first-order valence-electron chi connectivity index (χ1n) is 8.04. The highest BCUT2D eigenvalue weighted by atomic mass is 16.6. The molecule has 1 aliphatic rings. The van der Waals surface area contributed by atoms with E-state index in [0.717, 1.165) is 5.56 Å². The minimum atomic E-state index is -0.577. The van der Waals surface area contributed by atoms with Gasteiger partial charge >= 0.3 is 12.2 Å². The highest BCUT2D eigenvalue weighted by Crippen LogP contribution is 2.21. The van der Waals surface area contributed by atoms with Crippen LogP contribution in [0.3, 0.4) is 0 Å². The lowest BCUT2D eigenvalue weighted by molar-refractivity contribution is 0.0635. The molecule has 0 unspecified atom stereocenters. The standard InChI is InChI=1S/C17H25N3O4/c1-11(2)13-10-20(16(22)23-13)9-12-6-7-18-14(8-12)19-15(21)24-17(3,4)5/h6-8,11,13H,9-10H2,1-5H3,(H,18,19,21)/t13-/m0/s1. The summed E-state index contributed by atoms with van der Waals surface area (Å²) in [6.07, 6.45) is 0.627. The Labute approximate surface area is 142 Å². The lowest BCUT2D eigenvalue weighted by Crippen LogP contribution is -2.28. The molecule has 2 heterocycles. The topological polar surface area (TPSA) is 80.8 Å². The van der Waals surface area contributed by atoms with Gasteiger partial charge in [-0.25, -0.2) is 14.6 Å². The first-order valence-corrected chi connectivity index (χ1v) is 8.04. The molecular weight excluding hydrogens is 310 g/mol. The van der Waals surface area contributed by atoms with Crippen molar-refractivity contribution < 1.29 is 19.1 Å². The number of amides is 2. The summed E-state index contributed by atoms with van der Waals surface area (Å²) in [5.74, 6) is 0.663. The van der Waals surface area contributed by atoms with Crippen LogP contribution in [0.25, 0.3) is 0 Å². The summed E-state index contributed by atoms with van der Waals surface area (Å²) >= 11 is 0. The summed E-state index contributed by atoms with van der Waals surface area (Å²) in [7, 11) is 0. The maximum atomic E-state index is 11.9. The minimum absolute atomic E-state index is 0.0845. The van der Waals surface area contributed by atoms with E-state index in [1.807, 2.05) is 13.8 Å². The molecule has 0 spiro atoms. The zero-order valence-corrected chi connectivity index (χ0v) is 14.8. The zero-order chi connectivity index (χ0) is 17.9. The van der Waals surface area contributed by atoms with Crippen LogP contribution in [0.2, 0.25) is 0 Å². The molecule has 1 saturated heterocycles. The number of hydrogen-bond donors (Lipinski definition) is 1. The van der Waals surface area contributed by atoms with Crippen LogP contribution in [0, 0.1) is 5.92 Å². The molecule has 1 N–H and O–H groups in total. The van der Waals surface area contributed by atoms with E-state index in [4.69, 9.17) is 9.47 Å². The molecule has 1 aromatic heterocycles. The summed E-state index contributed by atoms with van der Waals surface area (Å²) in [4.78, 5) is 29.5. The molecule has 0 aliphatic carbocycles. The molecule has 1 fully saturated rings. The van der Waals surface area contributed by atoms with Gasteiger partial charge in [-0.1, -0.05) is 13.8 Å². The van der Waals surface area contributed by atoms with Gasteiger partial charge in [0.25, 0.3) is 0 Å². The highest BCUT2D eigenvalue weighted by molar-refractivity contribution is 5.83. The number of nitrogens with one attached hydrogen (secondary N) is 1. The van der Waals surface area contributed by atoms with Crippen LogP contribution in [0.1, 0.15) is 40.2 Å². The lowest BCUT2D eigenvalue weighted by Gasteiger charge is -2.19. The van der Waals surface area contributed by atoms with Gasteiger partial charge < -0.3 is 14.4 Å². The molecule has 24 heavy (non-hydrogen) atoms. The number of rotatable bonds is 4. The minimum Gasteiger partial charge on any atom is -0.444 e. The molecule has 1 aliphatic heterocycles. The zero-order valence-electron chi connectivity index (χ0n) is 14.8. The first kappa shape index (κ1) is 18.0. The SMILES string of the molecule is CC(C)[C@@H]1CN(Cc2ccnc(NC(=O)OC(C)(C)C)c2)C(=O)O1. The second-order valence-corrected chi connectivity index (χ2v) is 7.22. The molecule has 2 rings (SSSR count). The molecular formula is C17H25N3O4. The number of cyclic esters (lactones) is 1. The second-order valence-electron chi connectivity index (χ2n) is 7.22. The van der Waals surface area contributed by atoms with Crippen LogP contribution in [0.4, 0.5) is 15.4 Å². The van der Waals surface area contributed by atoms with Crippen molar-refractivity contribution in [1.29, 1.82) is 0 Å². The molecule has 0 saturated carbocycles. The highest BCUT2D eigenvalue weighted by Gasteiger charge is 2.33. The third-order valence-electron chi connectivity index (χ3n) is 3.48. The van der Waals surface area contributed by atoms with Crippen molar-refractivity contribution in [2.45, 2.75) is 52.9 Å². The fraction of sp³-hybridized carbons (Fsp3) is 0.588. The van der Waals surface area contributed by atoms with E-state index in [2.05, 4.69) is 10.3 Å². The van der Waals surface area contributed by atoms with Gasteiger partial charge in [-0.3, -0.25) is 5.32 Å². The van der Waals surface area contributed by atoms with E-state index in [1.165, 1.54) is 0 Å². The number of carbonyl (C=O) groups is 2. The lowest BCUT2D eigenvalue weighted by atomic mass is 10.1. The van der Waals surface area contributed by atoms with Crippen LogP contribution in [-0.2, 0) is 16.0 Å². The Morgan fingerprint density at radius 3 is 2.79 bits per heavy atom. The normalized spacial score (nSPS) is 17.8. The van der Waals surface area contributed by atoms with Gasteiger partial charge in [0.1, 0.15) is 17.5 Å². The summed E-state index contributed by atoms with van der Waals surface area (Å²) < 4.78 is 10.5. The number of anilines is 1. The summed E-state index contributed by atoms with van der Waals surface area (Å²) in [6.45, 7) is 10.4. The smallest absolute Gasteiger partial charge is 0.413 e. The van der Waals surface area contributed by atoms with Crippen LogP contribution in [0.15, 0.2) is 18.3 Å². The van der Waals surface area contributed by atoms with Crippen molar-refractivity contribution in [2.75, 3.05) is 11.9 Å². The Morgan fingerprint density at radius 1 is 1.50 bits per heavy atom. The maximum absolute atomic E-state index is 11.9. The molecule has 0 bridgehead atoms. The van der Waals surface area contributed by atoms with Gasteiger partial charge in [0.2, 0.25) is 0 Å². The average molecular weight is 335 g/mol. The molecule has 0 radical (unpaired) electrons. The number of ether oxygens (including phenoxy) is 2. The molecule has 7 nitrogen and oxygen atoms in total. The fourth-order valence-corrected chi connectivity index (χ4v) is 2.28. The third kappa shape index (κ3) is 5.11. The van der Waals surface area contributed by atoms with Gasteiger partial charge in [0.15, 0.2) is 0 Å². The summed E-state index contributed by atoms with van der Waals surface area (Å²) in [5, 5.41) is 2.60. The van der Waals surface area contributed by atoms with Crippen molar-refractivity contribution in [3.63, 3.8) is 0 Å². The van der Waals surface area contributed by atoms with Crippen molar-refractivity contribution in [1.82, 2.24) is 9.88 Å². The average Bonchev–Trinajstić information content (AvgIpc) is 2.78. The van der Waals surface area contributed by atoms with Gasteiger partial charge in [-0.2, -0.15) is 0 Å². The van der Waals surface area contributed by atoms with Crippen molar-refractivity contribution in [2.24, 2.45) is 5.92 Å². The number of aromatic nitrogens is 1. The fourth-order valence-electron chi connectivity index (χ4n) is 2.28. The first-order chi connectivity index (χ1) is 11.1.